The van der Waals surface area contributed by atoms with Gasteiger partial charge in [0, 0.05) is 31.7 Å². The Bertz CT molecular complexity index is 389. The molecule has 4 heteroatoms. The molecule has 2 rings (SSSR count). The Morgan fingerprint density at radius 3 is 2.33 bits per heavy atom. The van der Waals surface area contributed by atoms with Gasteiger partial charge in [-0.15, -0.1) is 0 Å². The second kappa shape index (κ2) is 5.59. The van der Waals surface area contributed by atoms with Crippen molar-refractivity contribution in [2.45, 2.75) is 19.4 Å². The van der Waals surface area contributed by atoms with Crippen LogP contribution in [0.2, 0.25) is 0 Å². The Morgan fingerprint density at radius 2 is 1.67 bits per heavy atom. The highest BCUT2D eigenvalue weighted by Gasteiger charge is 2.19. The van der Waals surface area contributed by atoms with Crippen LogP contribution in [-0.2, 0) is 0 Å². The van der Waals surface area contributed by atoms with Crippen molar-refractivity contribution < 1.29 is 10.2 Å². The third-order valence-electron chi connectivity index (χ3n) is 3.71. The van der Waals surface area contributed by atoms with Gasteiger partial charge < -0.3 is 15.1 Å². The van der Waals surface area contributed by atoms with Gasteiger partial charge >= 0.3 is 0 Å². The first-order valence-corrected chi connectivity index (χ1v) is 6.52. The first kappa shape index (κ1) is 13.2. The normalized spacial score (nSPS) is 20.6. The van der Waals surface area contributed by atoms with Gasteiger partial charge in [0.1, 0.15) is 11.5 Å². The molecule has 0 spiro atoms. The number of likely N-dealkylation sites (N-methyl/N-ethyl adjacent to an activating group) is 1. The Morgan fingerprint density at radius 1 is 1.00 bits per heavy atom. The van der Waals surface area contributed by atoms with Gasteiger partial charge in [0.2, 0.25) is 0 Å². The number of aromatic hydroxyl groups is 2. The van der Waals surface area contributed by atoms with Gasteiger partial charge in [-0.25, -0.2) is 0 Å². The summed E-state index contributed by atoms with van der Waals surface area (Å²) < 4.78 is 0. The summed E-state index contributed by atoms with van der Waals surface area (Å²) in [6.07, 6.45) is 1.16. The van der Waals surface area contributed by atoms with Gasteiger partial charge in [-0.2, -0.15) is 0 Å². The molecule has 1 aliphatic rings. The minimum Gasteiger partial charge on any atom is -0.508 e. The number of hydrogen-bond donors (Lipinski definition) is 2. The number of phenolic OH excluding ortho intramolecular Hbond substituents is 2. The van der Waals surface area contributed by atoms with Gasteiger partial charge in [0.05, 0.1) is 0 Å². The van der Waals surface area contributed by atoms with E-state index < -0.39 is 0 Å². The van der Waals surface area contributed by atoms with Crippen molar-refractivity contribution in [3.63, 3.8) is 0 Å². The Balaban J connectivity index is 2.12. The lowest BCUT2D eigenvalue weighted by atomic mass is 10.1. The molecule has 0 radical (unpaired) electrons. The van der Waals surface area contributed by atoms with E-state index in [9.17, 15) is 10.2 Å². The molecular formula is C14H22N2O2. The van der Waals surface area contributed by atoms with Gasteiger partial charge in [0.25, 0.3) is 0 Å². The number of hydrogen-bond acceptors (Lipinski definition) is 4. The predicted octanol–water partition coefficient (Wildman–Crippen LogP) is 1.80. The van der Waals surface area contributed by atoms with E-state index in [0.29, 0.717) is 0 Å². The van der Waals surface area contributed by atoms with Crippen molar-refractivity contribution >= 4 is 0 Å². The molecule has 0 aromatic heterocycles. The molecule has 2 N–H and O–H groups in total. The molecule has 0 aliphatic carbocycles. The van der Waals surface area contributed by atoms with E-state index in [-0.39, 0.29) is 17.5 Å². The van der Waals surface area contributed by atoms with Gasteiger partial charge in [-0.05, 0) is 44.6 Å². The SMILES string of the molecule is CC(c1cc(O)cc(O)c1)N1CCCN(C)CC1. The van der Waals surface area contributed by atoms with Crippen LogP contribution >= 0.6 is 0 Å². The molecule has 0 saturated carbocycles. The van der Waals surface area contributed by atoms with E-state index in [4.69, 9.17) is 0 Å². The Kier molecular flexibility index (Phi) is 4.09. The monoisotopic (exact) mass is 250 g/mol. The molecule has 1 aromatic rings. The molecular weight excluding hydrogens is 228 g/mol. The molecule has 100 valence electrons. The summed E-state index contributed by atoms with van der Waals surface area (Å²) in [6, 6.07) is 5.05. The molecule has 1 unspecified atom stereocenters. The lowest BCUT2D eigenvalue weighted by Gasteiger charge is -2.28. The minimum absolute atomic E-state index is 0.129. The Labute approximate surface area is 108 Å². The maximum atomic E-state index is 9.55. The zero-order chi connectivity index (χ0) is 13.1. The summed E-state index contributed by atoms with van der Waals surface area (Å²) in [5, 5.41) is 19.1. The molecule has 0 amide bonds. The maximum absolute atomic E-state index is 9.55. The van der Waals surface area contributed by atoms with Crippen molar-refractivity contribution in [3.8, 4) is 11.5 Å². The summed E-state index contributed by atoms with van der Waals surface area (Å²) in [5.41, 5.74) is 0.969. The highest BCUT2D eigenvalue weighted by Crippen LogP contribution is 2.28. The van der Waals surface area contributed by atoms with E-state index in [0.717, 1.165) is 38.2 Å². The zero-order valence-electron chi connectivity index (χ0n) is 11.1. The van der Waals surface area contributed by atoms with Gasteiger partial charge in [0.15, 0.2) is 0 Å². The van der Waals surface area contributed by atoms with Crippen LogP contribution in [0.3, 0.4) is 0 Å². The molecule has 1 aliphatic heterocycles. The first-order valence-electron chi connectivity index (χ1n) is 6.52. The fraction of sp³-hybridized carbons (Fsp3) is 0.571. The van der Waals surface area contributed by atoms with E-state index in [2.05, 4.69) is 23.8 Å². The summed E-state index contributed by atoms with van der Waals surface area (Å²) in [4.78, 5) is 4.74. The smallest absolute Gasteiger partial charge is 0.119 e. The highest BCUT2D eigenvalue weighted by atomic mass is 16.3. The predicted molar refractivity (Wildman–Crippen MR) is 71.9 cm³/mol. The molecule has 1 aromatic carbocycles. The topological polar surface area (TPSA) is 46.9 Å². The maximum Gasteiger partial charge on any atom is 0.119 e. The van der Waals surface area contributed by atoms with Crippen LogP contribution in [0.4, 0.5) is 0 Å². The average molecular weight is 250 g/mol. The molecule has 1 atom stereocenters. The van der Waals surface area contributed by atoms with Crippen LogP contribution in [0.25, 0.3) is 0 Å². The van der Waals surface area contributed by atoms with Gasteiger partial charge in [-0.3, -0.25) is 4.90 Å². The molecule has 0 bridgehead atoms. The number of rotatable bonds is 2. The number of benzene rings is 1. The van der Waals surface area contributed by atoms with E-state index in [1.54, 1.807) is 12.1 Å². The third kappa shape index (κ3) is 3.15. The first-order chi connectivity index (χ1) is 8.56. The lowest BCUT2D eigenvalue weighted by molar-refractivity contribution is 0.216. The molecule has 18 heavy (non-hydrogen) atoms. The zero-order valence-corrected chi connectivity index (χ0v) is 11.1. The average Bonchev–Trinajstić information content (AvgIpc) is 2.52. The summed E-state index contributed by atoms with van der Waals surface area (Å²) in [6.45, 7) is 6.40. The van der Waals surface area contributed by atoms with Crippen LogP contribution in [0.5, 0.6) is 11.5 Å². The summed E-state index contributed by atoms with van der Waals surface area (Å²) in [5.74, 6) is 0.257. The molecule has 1 heterocycles. The third-order valence-corrected chi connectivity index (χ3v) is 3.71. The number of phenols is 2. The Hall–Kier alpha value is -1.26. The number of nitrogens with zero attached hydrogens (tertiary/aromatic N) is 2. The van der Waals surface area contributed by atoms with Crippen molar-refractivity contribution in [2.24, 2.45) is 0 Å². The van der Waals surface area contributed by atoms with Crippen molar-refractivity contribution in [1.82, 2.24) is 9.80 Å². The van der Waals surface area contributed by atoms with Crippen molar-refractivity contribution in [3.05, 3.63) is 23.8 Å². The molecule has 1 fully saturated rings. The standard InChI is InChI=1S/C14H22N2O2/c1-11(12-8-13(17)10-14(18)9-12)16-5-3-4-15(2)6-7-16/h8-11,17-18H,3-7H2,1-2H3. The fourth-order valence-electron chi connectivity index (χ4n) is 2.52. The van der Waals surface area contributed by atoms with Crippen LogP contribution in [0.1, 0.15) is 24.9 Å². The van der Waals surface area contributed by atoms with E-state index >= 15 is 0 Å². The molecule has 1 saturated heterocycles. The van der Waals surface area contributed by atoms with Crippen LogP contribution < -0.4 is 0 Å². The van der Waals surface area contributed by atoms with Crippen LogP contribution in [-0.4, -0.2) is 53.2 Å². The lowest BCUT2D eigenvalue weighted by Crippen LogP contribution is -2.31. The molecule has 4 nitrogen and oxygen atoms in total. The highest BCUT2D eigenvalue weighted by molar-refractivity contribution is 5.38. The quantitative estimate of drug-likeness (QED) is 0.840. The van der Waals surface area contributed by atoms with E-state index in [1.165, 1.54) is 6.07 Å². The van der Waals surface area contributed by atoms with Crippen molar-refractivity contribution in [1.29, 1.82) is 0 Å². The second-order valence-electron chi connectivity index (χ2n) is 5.15. The second-order valence-corrected chi connectivity index (χ2v) is 5.15. The van der Waals surface area contributed by atoms with Crippen LogP contribution in [0, 0.1) is 0 Å². The van der Waals surface area contributed by atoms with Gasteiger partial charge in [-0.1, -0.05) is 0 Å². The van der Waals surface area contributed by atoms with E-state index in [1.807, 2.05) is 0 Å². The summed E-state index contributed by atoms with van der Waals surface area (Å²) in [7, 11) is 2.15. The summed E-state index contributed by atoms with van der Waals surface area (Å²) >= 11 is 0. The largest absolute Gasteiger partial charge is 0.508 e. The van der Waals surface area contributed by atoms with Crippen LogP contribution in [0.15, 0.2) is 18.2 Å². The van der Waals surface area contributed by atoms with Crippen molar-refractivity contribution in [2.75, 3.05) is 33.2 Å². The fourth-order valence-corrected chi connectivity index (χ4v) is 2.52. The minimum atomic E-state index is 0.129.